The van der Waals surface area contributed by atoms with Crippen molar-refractivity contribution in [3.05, 3.63) is 0 Å². The molecule has 1 atom stereocenters. The van der Waals surface area contributed by atoms with E-state index in [0.717, 1.165) is 0 Å². The molecule has 67 valence electrons. The summed E-state index contributed by atoms with van der Waals surface area (Å²) in [6, 6.07) is 0. The number of aliphatic carboxylic acids is 2. The van der Waals surface area contributed by atoms with Gasteiger partial charge in [0.15, 0.2) is 0 Å². The minimum Gasteiger partial charge on any atom is -0.550 e. The van der Waals surface area contributed by atoms with Gasteiger partial charge in [0.2, 0.25) is 0 Å². The molecule has 1 radical (unpaired) electrons. The van der Waals surface area contributed by atoms with Crippen LogP contribution in [0, 0.1) is 5.92 Å². The van der Waals surface area contributed by atoms with Crippen LogP contribution in [0.2, 0.25) is 0 Å². The van der Waals surface area contributed by atoms with Crippen LogP contribution in [0.15, 0.2) is 0 Å². The number of hydrogen-bond acceptors (Lipinski definition) is 5. The van der Waals surface area contributed by atoms with Gasteiger partial charge in [-0.1, -0.05) is 0 Å². The Labute approximate surface area is 77.9 Å². The molecule has 0 heterocycles. The average molecular weight is 252 g/mol. The van der Waals surface area contributed by atoms with Gasteiger partial charge in [-0.05, 0) is 0 Å². The second-order valence-corrected chi connectivity index (χ2v) is 1.64. The topological polar surface area (TPSA) is 97.3 Å². The Morgan fingerprint density at radius 2 is 1.82 bits per heavy atom. The molecule has 0 aromatic heterocycles. The van der Waals surface area contributed by atoms with Crippen molar-refractivity contribution < 1.29 is 47.0 Å². The third-order valence-electron chi connectivity index (χ3n) is 0.854. The van der Waals surface area contributed by atoms with E-state index in [2.05, 4.69) is 0 Å². The van der Waals surface area contributed by atoms with E-state index in [-0.39, 0.29) is 28.7 Å². The predicted octanol–water partition coefficient (Wildman–Crippen LogP) is -3.31. The Kier molecular flexibility index (Phi) is 7.18. The van der Waals surface area contributed by atoms with Gasteiger partial charge in [0.05, 0.1) is 11.9 Å². The molecule has 0 aromatic rings. The fourth-order valence-electron chi connectivity index (χ4n) is 0.367. The Hall–Kier alpha value is -0.650. The van der Waals surface area contributed by atoms with E-state index in [1.54, 1.807) is 0 Å². The summed E-state index contributed by atoms with van der Waals surface area (Å²) in [6.07, 6.45) is -0.822. The molecule has 6 heteroatoms. The van der Waals surface area contributed by atoms with E-state index in [0.29, 0.717) is 0 Å². The number of carboxylic acid groups (broad SMARTS) is 2. The van der Waals surface area contributed by atoms with Gasteiger partial charge >= 0.3 is 0 Å². The first-order valence-corrected chi connectivity index (χ1v) is 2.44. The molecule has 5 nitrogen and oxygen atoms in total. The first-order valence-electron chi connectivity index (χ1n) is 2.44. The van der Waals surface area contributed by atoms with Crippen LogP contribution < -0.4 is 10.2 Å². The number of carbonyl (C=O) groups excluding carboxylic acids is 3. The second kappa shape index (κ2) is 6.09. The maximum atomic E-state index is 9.83. The van der Waals surface area contributed by atoms with Gasteiger partial charge in [0, 0.05) is 34.8 Å². The molecule has 1 unspecified atom stereocenters. The van der Waals surface area contributed by atoms with Gasteiger partial charge in [-0.2, -0.15) is 0 Å². The first-order chi connectivity index (χ1) is 4.57. The molecule has 0 amide bonds. The molecule has 11 heavy (non-hydrogen) atoms. The largest absolute Gasteiger partial charge is 0.550 e. The van der Waals surface area contributed by atoms with Gasteiger partial charge in [-0.3, -0.25) is 0 Å². The fraction of sp³-hybridized carbons (Fsp3) is 0.400. The van der Waals surface area contributed by atoms with E-state index in [4.69, 9.17) is 0 Å². The van der Waals surface area contributed by atoms with E-state index in [9.17, 15) is 24.6 Å². The van der Waals surface area contributed by atoms with Crippen LogP contribution in [0.3, 0.4) is 0 Å². The maximum Gasteiger partial charge on any atom is 0.129 e. The Morgan fingerprint density at radius 1 is 1.36 bits per heavy atom. The van der Waals surface area contributed by atoms with Crippen molar-refractivity contribution in [2.24, 2.45) is 5.92 Å². The van der Waals surface area contributed by atoms with Crippen LogP contribution >= 0.6 is 0 Å². The Bertz CT molecular complexity index is 166. The van der Waals surface area contributed by atoms with Gasteiger partial charge < -0.3 is 24.6 Å². The van der Waals surface area contributed by atoms with Crippen LogP contribution in [-0.2, 0) is 36.8 Å². The zero-order chi connectivity index (χ0) is 8.15. The summed E-state index contributed by atoms with van der Waals surface area (Å²) in [5.74, 6) is -4.87. The van der Waals surface area contributed by atoms with Crippen molar-refractivity contribution in [2.75, 3.05) is 0 Å². The van der Waals surface area contributed by atoms with Gasteiger partial charge in [-0.15, -0.1) is 0 Å². The standard InChI is InChI=1S/C5H6O5.Ag/c6-2-3(5(9)10)1-4(7)8;/h2-3H,1H2,(H,7,8)(H,9,10);/p-2. The van der Waals surface area contributed by atoms with Crippen molar-refractivity contribution in [3.8, 4) is 0 Å². The third kappa shape index (κ3) is 5.78. The zero-order valence-electron chi connectivity index (χ0n) is 5.20. The minimum atomic E-state index is -1.70. The molecule has 0 bridgehead atoms. The van der Waals surface area contributed by atoms with Crippen molar-refractivity contribution in [3.63, 3.8) is 0 Å². The van der Waals surface area contributed by atoms with Crippen LogP contribution in [0.1, 0.15) is 6.42 Å². The summed E-state index contributed by atoms with van der Waals surface area (Å²) in [5.41, 5.74) is 0. The molecule has 0 spiro atoms. The molecule has 0 saturated heterocycles. The van der Waals surface area contributed by atoms with Crippen molar-refractivity contribution in [1.29, 1.82) is 0 Å². The summed E-state index contributed by atoms with van der Waals surface area (Å²) < 4.78 is 0. The van der Waals surface area contributed by atoms with Crippen molar-refractivity contribution in [2.45, 2.75) is 6.42 Å². The predicted molar refractivity (Wildman–Crippen MR) is 24.2 cm³/mol. The molecule has 0 aliphatic rings. The SMILES string of the molecule is O=CC(CC(=O)[O-])C(=O)[O-].[Ag]. The van der Waals surface area contributed by atoms with E-state index < -0.39 is 24.3 Å². The van der Waals surface area contributed by atoms with Crippen LogP contribution in [0.25, 0.3) is 0 Å². The Morgan fingerprint density at radius 3 is 1.91 bits per heavy atom. The smallest absolute Gasteiger partial charge is 0.129 e. The minimum absolute atomic E-state index is 0. The van der Waals surface area contributed by atoms with Crippen LogP contribution in [-0.4, -0.2) is 18.2 Å². The molecule has 0 aliphatic carbocycles. The fourth-order valence-corrected chi connectivity index (χ4v) is 0.367. The number of carboxylic acids is 2. The second-order valence-electron chi connectivity index (χ2n) is 1.64. The zero-order valence-corrected chi connectivity index (χ0v) is 6.69. The Balaban J connectivity index is 0. The normalized spacial score (nSPS) is 10.9. The van der Waals surface area contributed by atoms with Crippen LogP contribution in [0.5, 0.6) is 0 Å². The summed E-state index contributed by atoms with van der Waals surface area (Å²) >= 11 is 0. The summed E-state index contributed by atoms with van der Waals surface area (Å²) in [7, 11) is 0. The molecule has 0 fully saturated rings. The van der Waals surface area contributed by atoms with Gasteiger partial charge in [0.1, 0.15) is 6.29 Å². The molecule has 0 aromatic carbocycles. The number of hydrogen-bond donors (Lipinski definition) is 0. The van der Waals surface area contributed by atoms with E-state index in [1.807, 2.05) is 0 Å². The molecule has 0 N–H and O–H groups in total. The molecule has 0 saturated carbocycles. The van der Waals surface area contributed by atoms with E-state index in [1.165, 1.54) is 0 Å². The number of rotatable bonds is 4. The molecular formula is C5H4AgO5-2. The molecule has 0 aliphatic heterocycles. The first kappa shape index (κ1) is 13.0. The van der Waals surface area contributed by atoms with Crippen molar-refractivity contribution in [1.82, 2.24) is 0 Å². The quantitative estimate of drug-likeness (QED) is 0.296. The molecular weight excluding hydrogens is 248 g/mol. The van der Waals surface area contributed by atoms with Crippen molar-refractivity contribution >= 4 is 18.2 Å². The number of aldehydes is 1. The maximum absolute atomic E-state index is 9.83. The third-order valence-corrected chi connectivity index (χ3v) is 0.854. The average Bonchev–Trinajstić information content (AvgIpc) is 1.81. The van der Waals surface area contributed by atoms with E-state index >= 15 is 0 Å². The van der Waals surface area contributed by atoms with Gasteiger partial charge in [-0.25, -0.2) is 0 Å². The number of carbonyl (C=O) groups is 3. The monoisotopic (exact) mass is 251 g/mol. The van der Waals surface area contributed by atoms with Gasteiger partial charge in [0.25, 0.3) is 0 Å². The summed E-state index contributed by atoms with van der Waals surface area (Å²) in [4.78, 5) is 29.3. The summed E-state index contributed by atoms with van der Waals surface area (Å²) in [5, 5.41) is 19.5. The molecule has 0 rings (SSSR count). The summed E-state index contributed by atoms with van der Waals surface area (Å²) in [6.45, 7) is 0. The van der Waals surface area contributed by atoms with Crippen LogP contribution in [0.4, 0.5) is 0 Å².